The number of aromatic nitrogens is 3. The van der Waals surface area contributed by atoms with Crippen LogP contribution in [0.4, 0.5) is 9.52 Å². The molecule has 0 aliphatic rings. The van der Waals surface area contributed by atoms with Crippen molar-refractivity contribution in [3.8, 4) is 22.6 Å². The first-order valence-electron chi connectivity index (χ1n) is 10.9. The van der Waals surface area contributed by atoms with Gasteiger partial charge in [0, 0.05) is 40.8 Å². The molecular formula is C24H17Cl2FN4O6S2. The fourth-order valence-corrected chi connectivity index (χ4v) is 5.53. The third-order valence-electron chi connectivity index (χ3n) is 5.29. The molecule has 1 atom stereocenters. The van der Waals surface area contributed by atoms with Crippen molar-refractivity contribution in [2.24, 2.45) is 5.92 Å². The number of benzene rings is 2. The van der Waals surface area contributed by atoms with E-state index in [0.29, 0.717) is 16.1 Å². The van der Waals surface area contributed by atoms with E-state index in [0.717, 1.165) is 30.0 Å². The molecule has 202 valence electrons. The van der Waals surface area contributed by atoms with Crippen molar-refractivity contribution in [1.29, 1.82) is 0 Å². The third-order valence-corrected chi connectivity index (χ3v) is 7.88. The standard InChI is InChI=1S/C24H17Cl2FN4O6S2/c1-12(23(33)34)6-19(32)18-7-13(4-5-28-18)15-8-14(25)2-3-20(15)37-21-10-17(27)22(9-16(21)26)39(35,36)31-24-29-11-30-38-24/h2-5,7-12H,6H2,1H3,(H,33,34)(H,29,30,31)/t12-/m0/s1. The number of ketones is 1. The number of pyridine rings is 1. The first-order valence-corrected chi connectivity index (χ1v) is 13.9. The van der Waals surface area contributed by atoms with Crippen LogP contribution in [0.25, 0.3) is 11.1 Å². The summed E-state index contributed by atoms with van der Waals surface area (Å²) >= 11 is 13.2. The van der Waals surface area contributed by atoms with Gasteiger partial charge in [-0.3, -0.25) is 19.3 Å². The minimum Gasteiger partial charge on any atom is -0.481 e. The van der Waals surface area contributed by atoms with Gasteiger partial charge >= 0.3 is 5.97 Å². The molecule has 2 heterocycles. The molecule has 39 heavy (non-hydrogen) atoms. The minimum absolute atomic E-state index is 0.0353. The Hall–Kier alpha value is -3.65. The molecule has 0 spiro atoms. The highest BCUT2D eigenvalue weighted by molar-refractivity contribution is 7.93. The van der Waals surface area contributed by atoms with Crippen LogP contribution in [0.5, 0.6) is 11.5 Å². The number of Topliss-reactive ketones (excluding diaryl/α,β-unsaturated/α-hetero) is 1. The molecule has 4 aromatic rings. The van der Waals surface area contributed by atoms with Crippen molar-refractivity contribution in [3.63, 3.8) is 0 Å². The molecule has 15 heteroatoms. The van der Waals surface area contributed by atoms with Crippen LogP contribution >= 0.6 is 34.7 Å². The highest BCUT2D eigenvalue weighted by Crippen LogP contribution is 2.39. The number of halogens is 3. The molecule has 0 amide bonds. The summed E-state index contributed by atoms with van der Waals surface area (Å²) in [5, 5.41) is 9.16. The fourth-order valence-electron chi connectivity index (χ4n) is 3.34. The molecule has 0 unspecified atom stereocenters. The summed E-state index contributed by atoms with van der Waals surface area (Å²) in [6, 6.07) is 9.29. The van der Waals surface area contributed by atoms with Crippen LogP contribution in [0, 0.1) is 11.7 Å². The topological polar surface area (TPSA) is 148 Å². The lowest BCUT2D eigenvalue weighted by Gasteiger charge is -2.15. The Balaban J connectivity index is 1.66. The molecule has 2 aromatic heterocycles. The summed E-state index contributed by atoms with van der Waals surface area (Å²) in [6.45, 7) is 1.42. The monoisotopic (exact) mass is 610 g/mol. The number of hydrogen-bond acceptors (Lipinski definition) is 9. The molecule has 0 saturated carbocycles. The summed E-state index contributed by atoms with van der Waals surface area (Å²) in [6.07, 6.45) is 2.27. The third kappa shape index (κ3) is 6.68. The maximum atomic E-state index is 14.9. The number of carbonyl (C=O) groups excluding carboxylic acids is 1. The van der Waals surface area contributed by atoms with Crippen molar-refractivity contribution in [3.05, 3.63) is 76.5 Å². The number of aliphatic carboxylic acids is 1. The number of carboxylic acid groups (broad SMARTS) is 1. The minimum atomic E-state index is -4.36. The van der Waals surface area contributed by atoms with Crippen molar-refractivity contribution in [1.82, 2.24) is 14.3 Å². The average molecular weight is 611 g/mol. The largest absolute Gasteiger partial charge is 0.481 e. The zero-order valence-corrected chi connectivity index (χ0v) is 22.9. The second kappa shape index (κ2) is 11.6. The second-order valence-electron chi connectivity index (χ2n) is 8.10. The number of rotatable bonds is 10. The number of carbonyl (C=O) groups is 2. The number of nitrogens with one attached hydrogen (secondary N) is 1. The molecule has 10 nitrogen and oxygen atoms in total. The summed E-state index contributed by atoms with van der Waals surface area (Å²) in [7, 11) is -4.36. The van der Waals surface area contributed by atoms with Gasteiger partial charge in [-0.1, -0.05) is 30.1 Å². The van der Waals surface area contributed by atoms with Gasteiger partial charge in [0.15, 0.2) is 5.78 Å². The first kappa shape index (κ1) is 28.4. The van der Waals surface area contributed by atoms with Crippen LogP contribution in [0.15, 0.2) is 59.9 Å². The Bertz CT molecular complexity index is 1670. The van der Waals surface area contributed by atoms with Crippen molar-refractivity contribution in [2.45, 2.75) is 18.2 Å². The number of hydrogen-bond donors (Lipinski definition) is 2. The van der Waals surface area contributed by atoms with Crippen molar-refractivity contribution in [2.75, 3.05) is 4.72 Å². The summed E-state index contributed by atoms with van der Waals surface area (Å²) < 4.78 is 51.8. The van der Waals surface area contributed by atoms with Crippen LogP contribution < -0.4 is 9.46 Å². The molecule has 4 rings (SSSR count). The highest BCUT2D eigenvalue weighted by atomic mass is 35.5. The summed E-state index contributed by atoms with van der Waals surface area (Å²) in [5.41, 5.74) is 0.871. The molecule has 0 aliphatic heterocycles. The average Bonchev–Trinajstić information content (AvgIpc) is 3.39. The number of nitrogens with zero attached hydrogens (tertiary/aromatic N) is 3. The van der Waals surface area contributed by atoms with Gasteiger partial charge in [0.05, 0.1) is 10.9 Å². The Labute approximate surface area is 235 Å². The SMILES string of the molecule is C[C@@H](CC(=O)c1cc(-c2cc(Cl)ccc2Oc2cc(F)c(S(=O)(=O)Nc3ncns3)cc2Cl)ccn1)C(=O)O. The Morgan fingerprint density at radius 2 is 1.90 bits per heavy atom. The van der Waals surface area contributed by atoms with E-state index >= 15 is 0 Å². The number of carboxylic acids is 1. The number of anilines is 1. The zero-order chi connectivity index (χ0) is 28.3. The quantitative estimate of drug-likeness (QED) is 0.208. The van der Waals surface area contributed by atoms with E-state index in [1.165, 1.54) is 37.4 Å². The van der Waals surface area contributed by atoms with Gasteiger partial charge < -0.3 is 9.84 Å². The van der Waals surface area contributed by atoms with Gasteiger partial charge in [-0.2, -0.15) is 4.37 Å². The fraction of sp³-hybridized carbons (Fsp3) is 0.125. The van der Waals surface area contributed by atoms with Gasteiger partial charge in [-0.15, -0.1) is 0 Å². The van der Waals surface area contributed by atoms with Crippen molar-refractivity contribution < 1.29 is 32.2 Å². The molecule has 0 aliphatic carbocycles. The summed E-state index contributed by atoms with van der Waals surface area (Å²) in [5.74, 6) is -3.64. The Kier molecular flexibility index (Phi) is 8.45. The number of ether oxygens (including phenoxy) is 1. The molecule has 2 N–H and O–H groups in total. The van der Waals surface area contributed by atoms with Crippen LogP contribution in [0.3, 0.4) is 0 Å². The van der Waals surface area contributed by atoms with Crippen LogP contribution in [-0.2, 0) is 14.8 Å². The van der Waals surface area contributed by atoms with Crippen LogP contribution in [0.1, 0.15) is 23.8 Å². The van der Waals surface area contributed by atoms with Gasteiger partial charge in [-0.25, -0.2) is 17.8 Å². The predicted molar refractivity (Wildman–Crippen MR) is 143 cm³/mol. The van der Waals surface area contributed by atoms with Crippen LogP contribution in [-0.4, -0.2) is 39.6 Å². The van der Waals surface area contributed by atoms with E-state index in [1.807, 2.05) is 0 Å². The smallest absolute Gasteiger partial charge is 0.306 e. The predicted octanol–water partition coefficient (Wildman–Crippen LogP) is 5.93. The van der Waals surface area contributed by atoms with Crippen LogP contribution in [0.2, 0.25) is 10.0 Å². The van der Waals surface area contributed by atoms with E-state index in [2.05, 4.69) is 19.1 Å². The maximum Gasteiger partial charge on any atom is 0.306 e. The van der Waals surface area contributed by atoms with Gasteiger partial charge in [0.1, 0.15) is 34.2 Å². The van der Waals surface area contributed by atoms with Crippen molar-refractivity contribution >= 4 is 61.6 Å². The number of sulfonamides is 1. The molecule has 0 radical (unpaired) electrons. The first-order chi connectivity index (χ1) is 18.4. The van der Waals surface area contributed by atoms with E-state index < -0.39 is 38.4 Å². The van der Waals surface area contributed by atoms with Gasteiger partial charge in [0.2, 0.25) is 5.13 Å². The van der Waals surface area contributed by atoms with E-state index in [9.17, 15) is 22.4 Å². The van der Waals surface area contributed by atoms with Gasteiger partial charge in [0.25, 0.3) is 10.0 Å². The van der Waals surface area contributed by atoms with E-state index in [1.54, 1.807) is 6.07 Å². The van der Waals surface area contributed by atoms with E-state index in [4.69, 9.17) is 33.0 Å². The molecular weight excluding hydrogens is 594 g/mol. The molecule has 0 saturated heterocycles. The lowest BCUT2D eigenvalue weighted by Crippen LogP contribution is -2.15. The lowest BCUT2D eigenvalue weighted by atomic mass is 10.00. The maximum absolute atomic E-state index is 14.9. The normalized spacial score (nSPS) is 12.1. The molecule has 2 aromatic carbocycles. The molecule has 0 bridgehead atoms. The van der Waals surface area contributed by atoms with Gasteiger partial charge in [-0.05, 0) is 42.0 Å². The zero-order valence-electron chi connectivity index (χ0n) is 19.8. The Morgan fingerprint density at radius 3 is 2.59 bits per heavy atom. The summed E-state index contributed by atoms with van der Waals surface area (Å²) in [4.78, 5) is 30.7. The highest BCUT2D eigenvalue weighted by Gasteiger charge is 2.24. The Morgan fingerprint density at radius 1 is 1.13 bits per heavy atom. The molecule has 0 fully saturated rings. The second-order valence-corrected chi connectivity index (χ2v) is 11.4. The van der Waals surface area contributed by atoms with E-state index in [-0.39, 0.29) is 33.8 Å². The lowest BCUT2D eigenvalue weighted by molar-refractivity contribution is -0.141.